The summed E-state index contributed by atoms with van der Waals surface area (Å²) in [4.78, 5) is 41.8. The Bertz CT molecular complexity index is 831. The second-order valence-corrected chi connectivity index (χ2v) is 7.05. The number of fused-ring (bicyclic) bond motifs is 1. The quantitative estimate of drug-likeness (QED) is 0.452. The van der Waals surface area contributed by atoms with E-state index < -0.39 is 17.8 Å². The van der Waals surface area contributed by atoms with Gasteiger partial charge in [-0.05, 0) is 72.1 Å². The molecule has 116 valence electrons. The highest BCUT2D eigenvalue weighted by molar-refractivity contribution is 9.13. The molecule has 0 unspecified atom stereocenters. The van der Waals surface area contributed by atoms with Gasteiger partial charge in [-0.25, -0.2) is 4.79 Å². The van der Waals surface area contributed by atoms with Crippen molar-refractivity contribution in [2.75, 3.05) is 0 Å². The van der Waals surface area contributed by atoms with Crippen LogP contribution in [0.25, 0.3) is 0 Å². The molecule has 0 aliphatic carbocycles. The lowest BCUT2D eigenvalue weighted by Gasteiger charge is -2.14. The number of carbonyl (C=O) groups is 3. The Morgan fingerprint density at radius 1 is 0.870 bits per heavy atom. The maximum Gasteiger partial charge on any atom is 0.366 e. The molecule has 8 heteroatoms. The summed E-state index contributed by atoms with van der Waals surface area (Å²) in [7, 11) is 0. The van der Waals surface area contributed by atoms with Crippen LogP contribution in [0.3, 0.4) is 0 Å². The number of benzene rings is 2. The van der Waals surface area contributed by atoms with Crippen LogP contribution in [0.2, 0.25) is 0 Å². The van der Waals surface area contributed by atoms with E-state index in [0.29, 0.717) is 18.5 Å². The fourth-order valence-corrected chi connectivity index (χ4v) is 3.69. The number of rotatable bonds is 2. The fourth-order valence-electron chi connectivity index (χ4n) is 2.09. The van der Waals surface area contributed by atoms with Gasteiger partial charge in [0, 0.05) is 13.4 Å². The Hall–Kier alpha value is -1.51. The maximum atomic E-state index is 12.4. The van der Waals surface area contributed by atoms with Crippen molar-refractivity contribution < 1.29 is 19.2 Å². The van der Waals surface area contributed by atoms with E-state index in [1.54, 1.807) is 24.3 Å². The fraction of sp³-hybridized carbons (Fsp3) is 0. The van der Waals surface area contributed by atoms with E-state index in [1.807, 2.05) is 0 Å². The average molecular weight is 504 g/mol. The van der Waals surface area contributed by atoms with Crippen molar-refractivity contribution >= 4 is 65.6 Å². The normalized spacial score (nSPS) is 13.3. The number of halogens is 3. The van der Waals surface area contributed by atoms with Gasteiger partial charge in [0.1, 0.15) is 0 Å². The summed E-state index contributed by atoms with van der Waals surface area (Å²) in [5, 5.41) is 0.479. The first kappa shape index (κ1) is 16.4. The summed E-state index contributed by atoms with van der Waals surface area (Å²) in [5.74, 6) is -2.16. The molecule has 2 aromatic rings. The van der Waals surface area contributed by atoms with Gasteiger partial charge < -0.3 is 4.84 Å². The highest BCUT2D eigenvalue weighted by atomic mass is 79.9. The molecule has 23 heavy (non-hydrogen) atoms. The molecule has 0 spiro atoms. The molecule has 1 aliphatic heterocycles. The largest absolute Gasteiger partial charge is 0.366 e. The van der Waals surface area contributed by atoms with E-state index in [0.717, 1.165) is 0 Å². The van der Waals surface area contributed by atoms with E-state index in [-0.39, 0.29) is 16.7 Å². The molecule has 2 aromatic carbocycles. The smallest absolute Gasteiger partial charge is 0.324 e. The van der Waals surface area contributed by atoms with Crippen molar-refractivity contribution in [3.05, 3.63) is 66.5 Å². The van der Waals surface area contributed by atoms with Crippen molar-refractivity contribution in [2.24, 2.45) is 0 Å². The molecule has 0 radical (unpaired) electrons. The first-order valence-electron chi connectivity index (χ1n) is 6.25. The molecule has 2 amide bonds. The predicted octanol–water partition coefficient (Wildman–Crippen LogP) is 4.34. The minimum atomic E-state index is -0.834. The van der Waals surface area contributed by atoms with Crippen molar-refractivity contribution in [2.45, 2.75) is 0 Å². The van der Waals surface area contributed by atoms with Gasteiger partial charge in [0.15, 0.2) is 0 Å². The number of amides is 2. The summed E-state index contributed by atoms with van der Waals surface area (Å²) in [5.41, 5.74) is 0.575. The third kappa shape index (κ3) is 2.75. The van der Waals surface area contributed by atoms with Crippen LogP contribution in [-0.4, -0.2) is 22.8 Å². The van der Waals surface area contributed by atoms with E-state index in [2.05, 4.69) is 47.8 Å². The van der Waals surface area contributed by atoms with E-state index in [4.69, 9.17) is 4.84 Å². The van der Waals surface area contributed by atoms with E-state index in [1.165, 1.54) is 12.1 Å². The Balaban J connectivity index is 1.93. The molecule has 1 heterocycles. The van der Waals surface area contributed by atoms with Gasteiger partial charge in [-0.15, -0.1) is 0 Å². The molecule has 0 N–H and O–H groups in total. The number of hydroxylamine groups is 2. The topological polar surface area (TPSA) is 63.7 Å². The number of carbonyl (C=O) groups excluding carboxylic acids is 3. The first-order chi connectivity index (χ1) is 10.9. The Labute approximate surface area is 155 Å². The summed E-state index contributed by atoms with van der Waals surface area (Å²) >= 11 is 9.81. The van der Waals surface area contributed by atoms with Gasteiger partial charge >= 0.3 is 5.97 Å². The molecular formula is C15H6Br3NO4. The lowest BCUT2D eigenvalue weighted by Crippen LogP contribution is -2.32. The second kappa shape index (κ2) is 6.18. The maximum absolute atomic E-state index is 12.4. The zero-order valence-corrected chi connectivity index (χ0v) is 15.9. The van der Waals surface area contributed by atoms with E-state index in [9.17, 15) is 14.4 Å². The van der Waals surface area contributed by atoms with Gasteiger partial charge in [0.25, 0.3) is 11.8 Å². The molecule has 5 nitrogen and oxygen atoms in total. The van der Waals surface area contributed by atoms with Crippen LogP contribution in [0.15, 0.2) is 49.8 Å². The number of imide groups is 1. The molecule has 0 saturated heterocycles. The Morgan fingerprint density at radius 2 is 1.39 bits per heavy atom. The standard InChI is InChI=1S/C15H6Br3NO4/c16-9-5-6-10(17)12(18)11(9)15(22)23-19-13(20)7-3-1-2-4-8(7)14(19)21/h1-6H. The third-order valence-corrected chi connectivity index (χ3v) is 5.86. The predicted molar refractivity (Wildman–Crippen MR) is 91.9 cm³/mol. The molecule has 3 rings (SSSR count). The molecule has 0 bridgehead atoms. The van der Waals surface area contributed by atoms with Crippen LogP contribution in [-0.2, 0) is 4.84 Å². The molecule has 1 aliphatic rings. The zero-order chi connectivity index (χ0) is 16.7. The van der Waals surface area contributed by atoms with Crippen molar-refractivity contribution in [1.29, 1.82) is 0 Å². The van der Waals surface area contributed by atoms with Crippen molar-refractivity contribution in [1.82, 2.24) is 5.06 Å². The van der Waals surface area contributed by atoms with Gasteiger partial charge in [0.2, 0.25) is 0 Å². The van der Waals surface area contributed by atoms with Crippen LogP contribution in [0.5, 0.6) is 0 Å². The van der Waals surface area contributed by atoms with Crippen molar-refractivity contribution in [3.63, 3.8) is 0 Å². The number of nitrogens with zero attached hydrogens (tertiary/aromatic N) is 1. The Morgan fingerprint density at radius 3 is 1.96 bits per heavy atom. The summed E-state index contributed by atoms with van der Waals surface area (Å²) < 4.78 is 1.55. The van der Waals surface area contributed by atoms with Crippen LogP contribution in [0.1, 0.15) is 31.1 Å². The highest BCUT2D eigenvalue weighted by Crippen LogP contribution is 2.33. The van der Waals surface area contributed by atoms with Crippen LogP contribution >= 0.6 is 47.8 Å². The van der Waals surface area contributed by atoms with Crippen LogP contribution in [0, 0.1) is 0 Å². The number of hydrogen-bond acceptors (Lipinski definition) is 4. The van der Waals surface area contributed by atoms with Gasteiger partial charge in [-0.3, -0.25) is 9.59 Å². The molecular weight excluding hydrogens is 498 g/mol. The average Bonchev–Trinajstić information content (AvgIpc) is 2.77. The minimum Gasteiger partial charge on any atom is -0.324 e. The lowest BCUT2D eigenvalue weighted by atomic mass is 10.1. The van der Waals surface area contributed by atoms with Gasteiger partial charge in [0.05, 0.1) is 16.7 Å². The molecule has 0 fully saturated rings. The SMILES string of the molecule is O=C(ON1C(=O)c2ccccc2C1=O)c1c(Br)ccc(Br)c1Br. The lowest BCUT2D eigenvalue weighted by molar-refractivity contribution is -0.0585. The van der Waals surface area contributed by atoms with Gasteiger partial charge in [-0.2, -0.15) is 0 Å². The molecule has 0 saturated carbocycles. The zero-order valence-electron chi connectivity index (χ0n) is 11.2. The first-order valence-corrected chi connectivity index (χ1v) is 8.63. The van der Waals surface area contributed by atoms with Crippen LogP contribution in [0.4, 0.5) is 0 Å². The van der Waals surface area contributed by atoms with E-state index >= 15 is 0 Å². The van der Waals surface area contributed by atoms with Gasteiger partial charge in [-0.1, -0.05) is 17.2 Å². The third-order valence-electron chi connectivity index (χ3n) is 3.18. The minimum absolute atomic E-state index is 0.163. The monoisotopic (exact) mass is 501 g/mol. The Kier molecular flexibility index (Phi) is 4.39. The summed E-state index contributed by atoms with van der Waals surface area (Å²) in [6.45, 7) is 0. The number of hydrogen-bond donors (Lipinski definition) is 0. The van der Waals surface area contributed by atoms with Crippen LogP contribution < -0.4 is 0 Å². The summed E-state index contributed by atoms with van der Waals surface area (Å²) in [6, 6.07) is 9.66. The van der Waals surface area contributed by atoms with Crippen molar-refractivity contribution in [3.8, 4) is 0 Å². The highest BCUT2D eigenvalue weighted by Gasteiger charge is 2.39. The second-order valence-electron chi connectivity index (χ2n) is 4.55. The molecule has 0 aromatic heterocycles. The molecule has 0 atom stereocenters. The summed E-state index contributed by atoms with van der Waals surface area (Å²) in [6.07, 6.45) is 0.